The topological polar surface area (TPSA) is 113 Å². The maximum Gasteiger partial charge on any atom is 0.415 e. The number of fused-ring (bicyclic) bond motifs is 1. The lowest BCUT2D eigenvalue weighted by atomic mass is 9.97. The molecule has 0 spiro atoms. The number of rotatable bonds is 3. The van der Waals surface area contributed by atoms with E-state index in [0.717, 1.165) is 18.5 Å². The number of amides is 3. The molecule has 2 saturated heterocycles. The number of primary amides is 1. The van der Waals surface area contributed by atoms with E-state index in [-0.39, 0.29) is 24.5 Å². The number of likely N-dealkylation sites (tertiary alicyclic amines) is 1. The van der Waals surface area contributed by atoms with Crippen LogP contribution >= 0.6 is 0 Å². The largest absolute Gasteiger partial charge is 0.434 e. The van der Waals surface area contributed by atoms with Crippen molar-refractivity contribution in [1.82, 2.24) is 9.80 Å². The summed E-state index contributed by atoms with van der Waals surface area (Å²) < 4.78 is 5.00. The van der Waals surface area contributed by atoms with Gasteiger partial charge in [0.2, 0.25) is 5.91 Å². The number of cyclic esters (lactones) is 1. The van der Waals surface area contributed by atoms with Gasteiger partial charge in [-0.25, -0.2) is 4.79 Å². The van der Waals surface area contributed by atoms with E-state index in [0.29, 0.717) is 12.8 Å². The fraction of sp³-hybridized carbons (Fsp3) is 0.526. The quantitative estimate of drug-likeness (QED) is 0.714. The van der Waals surface area contributed by atoms with Gasteiger partial charge < -0.3 is 20.5 Å². The molecule has 3 unspecified atom stereocenters. The van der Waals surface area contributed by atoms with Crippen LogP contribution in [0.15, 0.2) is 36.6 Å². The summed E-state index contributed by atoms with van der Waals surface area (Å²) in [7, 11) is 0. The molecule has 0 aromatic rings. The molecular formula is C19H27N3O5. The van der Waals surface area contributed by atoms with Crippen LogP contribution in [0, 0.1) is 0 Å². The third-order valence-electron chi connectivity index (χ3n) is 5.05. The highest BCUT2D eigenvalue weighted by atomic mass is 16.6. The molecule has 0 aromatic carbocycles. The highest BCUT2D eigenvalue weighted by molar-refractivity contribution is 5.85. The van der Waals surface area contributed by atoms with Gasteiger partial charge in [0.25, 0.3) is 5.91 Å². The number of hydrogen-bond acceptors (Lipinski definition) is 5. The number of allylic oxidation sites excluding steroid dienone is 2. The average Bonchev–Trinajstić information content (AvgIpc) is 3.17. The van der Waals surface area contributed by atoms with E-state index >= 15 is 0 Å². The minimum Gasteiger partial charge on any atom is -0.434 e. The standard InChI is InChI=1S/C17H23N3O5.C2H4/c1-10-7-11-3-2-4-12(5-6-13(11)20(10)15(22)9-21)19-8-14(16(18)23)25-17(19)24;1-2/h3,5,10,13-14,21H,2,4,6-9H2,1H3,(H2,18,23);1-2H2/b11-3-,12-5+;. The van der Waals surface area contributed by atoms with Crippen LogP contribution in [-0.4, -0.2) is 64.2 Å². The van der Waals surface area contributed by atoms with Gasteiger partial charge in [-0.3, -0.25) is 14.5 Å². The van der Waals surface area contributed by atoms with Gasteiger partial charge in [0.15, 0.2) is 6.10 Å². The Morgan fingerprint density at radius 3 is 2.67 bits per heavy atom. The van der Waals surface area contributed by atoms with Crippen LogP contribution in [0.1, 0.15) is 32.6 Å². The second-order valence-corrected chi connectivity index (χ2v) is 6.66. The van der Waals surface area contributed by atoms with E-state index in [1.807, 2.05) is 13.0 Å². The fourth-order valence-electron chi connectivity index (χ4n) is 3.89. The van der Waals surface area contributed by atoms with Crippen LogP contribution in [0.3, 0.4) is 0 Å². The summed E-state index contributed by atoms with van der Waals surface area (Å²) >= 11 is 0. The van der Waals surface area contributed by atoms with E-state index in [9.17, 15) is 19.5 Å². The molecule has 0 saturated carbocycles. The second-order valence-electron chi connectivity index (χ2n) is 6.66. The molecule has 3 atom stereocenters. The molecule has 3 aliphatic rings. The normalized spacial score (nSPS) is 31.2. The Hall–Kier alpha value is -2.61. The van der Waals surface area contributed by atoms with Crippen LogP contribution in [0.25, 0.3) is 0 Å². The molecule has 27 heavy (non-hydrogen) atoms. The highest BCUT2D eigenvalue weighted by Gasteiger charge is 2.39. The maximum atomic E-state index is 12.1. The number of carbonyl (C=O) groups excluding carboxylic acids is 3. The molecule has 148 valence electrons. The van der Waals surface area contributed by atoms with E-state index in [1.54, 1.807) is 4.90 Å². The van der Waals surface area contributed by atoms with Crippen LogP contribution in [-0.2, 0) is 14.3 Å². The van der Waals surface area contributed by atoms with Crippen molar-refractivity contribution < 1.29 is 24.2 Å². The summed E-state index contributed by atoms with van der Waals surface area (Å²) in [5, 5.41) is 9.23. The van der Waals surface area contributed by atoms with Crippen LogP contribution < -0.4 is 5.73 Å². The summed E-state index contributed by atoms with van der Waals surface area (Å²) in [4.78, 5) is 38.5. The van der Waals surface area contributed by atoms with Gasteiger partial charge in [-0.15, -0.1) is 13.2 Å². The number of hydrogen-bond donors (Lipinski definition) is 2. The zero-order valence-electron chi connectivity index (χ0n) is 15.6. The van der Waals surface area contributed by atoms with Crippen molar-refractivity contribution in [1.29, 1.82) is 0 Å². The van der Waals surface area contributed by atoms with Gasteiger partial charge in [0.1, 0.15) is 6.61 Å². The predicted molar refractivity (Wildman–Crippen MR) is 99.2 cm³/mol. The zero-order valence-corrected chi connectivity index (χ0v) is 15.6. The van der Waals surface area contributed by atoms with Gasteiger partial charge in [-0.1, -0.05) is 12.2 Å². The molecule has 3 rings (SSSR count). The molecular weight excluding hydrogens is 350 g/mol. The summed E-state index contributed by atoms with van der Waals surface area (Å²) in [6.07, 6.45) is 5.29. The number of nitrogens with two attached hydrogens (primary N) is 1. The van der Waals surface area contributed by atoms with Gasteiger partial charge >= 0.3 is 6.09 Å². The van der Waals surface area contributed by atoms with E-state index in [2.05, 4.69) is 19.2 Å². The average molecular weight is 377 g/mol. The summed E-state index contributed by atoms with van der Waals surface area (Å²) in [6, 6.07) is -0.0580. The summed E-state index contributed by atoms with van der Waals surface area (Å²) in [6.45, 7) is 7.58. The molecule has 3 amide bonds. The molecule has 1 aliphatic carbocycles. The Bertz CT molecular complexity index is 672. The summed E-state index contributed by atoms with van der Waals surface area (Å²) in [5.74, 6) is -0.945. The van der Waals surface area contributed by atoms with Crippen LogP contribution in [0.2, 0.25) is 0 Å². The molecule has 0 bridgehead atoms. The van der Waals surface area contributed by atoms with Crippen molar-refractivity contribution >= 4 is 17.9 Å². The third kappa shape index (κ3) is 4.21. The number of aliphatic hydroxyl groups excluding tert-OH is 1. The molecule has 8 nitrogen and oxygen atoms in total. The first-order chi connectivity index (χ1) is 12.9. The van der Waals surface area contributed by atoms with Crippen molar-refractivity contribution in [2.75, 3.05) is 13.2 Å². The molecule has 0 radical (unpaired) electrons. The first-order valence-electron chi connectivity index (χ1n) is 8.99. The van der Waals surface area contributed by atoms with Crippen LogP contribution in [0.5, 0.6) is 0 Å². The van der Waals surface area contributed by atoms with Gasteiger partial charge in [0.05, 0.1) is 12.6 Å². The number of ether oxygens (including phenoxy) is 1. The molecule has 0 aromatic heterocycles. The van der Waals surface area contributed by atoms with E-state index < -0.39 is 24.7 Å². The third-order valence-corrected chi connectivity index (χ3v) is 5.05. The molecule has 2 fully saturated rings. The lowest BCUT2D eigenvalue weighted by Crippen LogP contribution is -2.42. The lowest BCUT2D eigenvalue weighted by Gasteiger charge is -2.29. The lowest BCUT2D eigenvalue weighted by molar-refractivity contribution is -0.136. The zero-order chi connectivity index (χ0) is 20.1. The molecule has 8 heteroatoms. The SMILES string of the molecule is C=C.CC1C/C2=C/CC/C(N3CC(C(N)=O)OC3=O)=C\CC2N1C(=O)CO. The van der Waals surface area contributed by atoms with Crippen molar-refractivity contribution in [3.05, 3.63) is 36.6 Å². The highest BCUT2D eigenvalue weighted by Crippen LogP contribution is 2.35. The van der Waals surface area contributed by atoms with Crippen LogP contribution in [0.4, 0.5) is 4.79 Å². The monoisotopic (exact) mass is 377 g/mol. The smallest absolute Gasteiger partial charge is 0.415 e. The van der Waals surface area contributed by atoms with Gasteiger partial charge in [-0.05, 0) is 38.2 Å². The van der Waals surface area contributed by atoms with E-state index in [4.69, 9.17) is 10.5 Å². The van der Waals surface area contributed by atoms with Crippen molar-refractivity contribution in [3.8, 4) is 0 Å². The first-order valence-corrected chi connectivity index (χ1v) is 8.99. The number of aliphatic hydroxyl groups is 1. The maximum absolute atomic E-state index is 12.1. The fourth-order valence-corrected chi connectivity index (χ4v) is 3.89. The number of nitrogens with zero attached hydrogens (tertiary/aromatic N) is 2. The molecule has 2 heterocycles. The summed E-state index contributed by atoms with van der Waals surface area (Å²) in [5.41, 5.74) is 7.20. The van der Waals surface area contributed by atoms with Crippen molar-refractivity contribution in [2.45, 2.75) is 50.8 Å². The number of carbonyl (C=O) groups is 3. The van der Waals surface area contributed by atoms with Gasteiger partial charge in [-0.2, -0.15) is 0 Å². The predicted octanol–water partition coefficient (Wildman–Crippen LogP) is 1.07. The van der Waals surface area contributed by atoms with Crippen molar-refractivity contribution in [2.24, 2.45) is 5.73 Å². The Labute approximate surface area is 158 Å². The first kappa shape index (κ1) is 20.7. The minimum atomic E-state index is -0.927. The Morgan fingerprint density at radius 1 is 1.37 bits per heavy atom. The minimum absolute atomic E-state index is 0.0434. The Kier molecular flexibility index (Phi) is 6.79. The Balaban J connectivity index is 0.00000126. The van der Waals surface area contributed by atoms with Gasteiger partial charge in [0, 0.05) is 11.7 Å². The molecule has 3 N–H and O–H groups in total. The second kappa shape index (κ2) is 8.85. The Morgan fingerprint density at radius 2 is 2.07 bits per heavy atom. The molecule has 2 aliphatic heterocycles. The van der Waals surface area contributed by atoms with E-state index in [1.165, 1.54) is 10.5 Å². The van der Waals surface area contributed by atoms with Crippen molar-refractivity contribution in [3.63, 3.8) is 0 Å².